The zero-order chi connectivity index (χ0) is 17.4. The fraction of sp³-hybridized carbons (Fsp3) is 0.471. The van der Waals surface area contributed by atoms with E-state index in [-0.39, 0.29) is 49.1 Å². The highest BCUT2D eigenvalue weighted by Gasteiger charge is 2.20. The van der Waals surface area contributed by atoms with Gasteiger partial charge in [0, 0.05) is 24.3 Å². The molecule has 25 heavy (non-hydrogen) atoms. The Morgan fingerprint density at radius 3 is 2.56 bits per heavy atom. The molecule has 0 aromatic heterocycles. The fourth-order valence-corrected chi connectivity index (χ4v) is 2.51. The normalized spacial score (nSPS) is 16.3. The molecule has 0 spiro atoms. The van der Waals surface area contributed by atoms with E-state index in [4.69, 9.17) is 0 Å². The van der Waals surface area contributed by atoms with Crippen molar-refractivity contribution in [3.05, 3.63) is 29.8 Å². The quantitative estimate of drug-likeness (QED) is 0.657. The molecular formula is C17H24ClN3O4. The van der Waals surface area contributed by atoms with Gasteiger partial charge in [0.25, 0.3) is 5.91 Å². The predicted molar refractivity (Wildman–Crippen MR) is 96.9 cm³/mol. The number of amides is 2. The van der Waals surface area contributed by atoms with Crippen molar-refractivity contribution < 1.29 is 19.1 Å². The lowest BCUT2D eigenvalue weighted by Crippen LogP contribution is -2.37. The third-order valence-electron chi connectivity index (χ3n) is 3.92. The second-order valence-electron chi connectivity index (χ2n) is 5.69. The number of benzene rings is 1. The van der Waals surface area contributed by atoms with E-state index >= 15 is 0 Å². The number of carbonyl (C=O) groups is 3. The van der Waals surface area contributed by atoms with Gasteiger partial charge in [0.15, 0.2) is 0 Å². The van der Waals surface area contributed by atoms with E-state index in [1.807, 2.05) is 0 Å². The Bertz CT molecular complexity index is 586. The molecule has 1 fully saturated rings. The van der Waals surface area contributed by atoms with Crippen molar-refractivity contribution in [3.8, 4) is 0 Å². The van der Waals surface area contributed by atoms with E-state index in [1.165, 1.54) is 7.11 Å². The van der Waals surface area contributed by atoms with Crippen LogP contribution in [0.2, 0.25) is 0 Å². The maximum Gasteiger partial charge on any atom is 0.307 e. The first-order chi connectivity index (χ1) is 11.6. The van der Waals surface area contributed by atoms with Crippen LogP contribution in [0.4, 0.5) is 5.69 Å². The van der Waals surface area contributed by atoms with Crippen molar-refractivity contribution >= 4 is 35.9 Å². The van der Waals surface area contributed by atoms with Gasteiger partial charge in [-0.05, 0) is 43.7 Å². The fourth-order valence-electron chi connectivity index (χ4n) is 2.51. The van der Waals surface area contributed by atoms with Gasteiger partial charge in [-0.15, -0.1) is 12.4 Å². The molecule has 2 rings (SSSR count). The maximum atomic E-state index is 12.1. The molecule has 0 bridgehead atoms. The van der Waals surface area contributed by atoms with Crippen LogP contribution in [0.1, 0.15) is 29.6 Å². The molecule has 8 heteroatoms. The highest BCUT2D eigenvalue weighted by molar-refractivity contribution is 5.96. The van der Waals surface area contributed by atoms with Crippen molar-refractivity contribution in [1.29, 1.82) is 0 Å². The number of anilines is 1. The lowest BCUT2D eigenvalue weighted by atomic mass is 9.99. The molecule has 2 amide bonds. The number of piperidine rings is 1. The van der Waals surface area contributed by atoms with Gasteiger partial charge >= 0.3 is 5.97 Å². The molecule has 1 heterocycles. The Morgan fingerprint density at radius 2 is 1.96 bits per heavy atom. The second-order valence-corrected chi connectivity index (χ2v) is 5.69. The Kier molecular flexibility index (Phi) is 8.94. The van der Waals surface area contributed by atoms with E-state index < -0.39 is 0 Å². The first-order valence-electron chi connectivity index (χ1n) is 8.07. The van der Waals surface area contributed by atoms with Crippen molar-refractivity contribution in [2.45, 2.75) is 19.3 Å². The monoisotopic (exact) mass is 369 g/mol. The number of rotatable bonds is 6. The van der Waals surface area contributed by atoms with Gasteiger partial charge in [-0.25, -0.2) is 0 Å². The van der Waals surface area contributed by atoms with E-state index in [2.05, 4.69) is 20.7 Å². The van der Waals surface area contributed by atoms with Crippen molar-refractivity contribution in [3.63, 3.8) is 0 Å². The number of esters is 1. The maximum absolute atomic E-state index is 12.1. The van der Waals surface area contributed by atoms with Crippen molar-refractivity contribution in [1.82, 2.24) is 10.6 Å². The lowest BCUT2D eigenvalue weighted by Gasteiger charge is -2.21. The number of ether oxygens (including phenoxy) is 1. The SMILES string of the molecule is COC(=O)CCNC(=O)c1ccc(NC(=O)C2CCCNC2)cc1.Cl. The van der Waals surface area contributed by atoms with Crippen molar-refractivity contribution in [2.24, 2.45) is 5.92 Å². The molecule has 1 aliphatic rings. The van der Waals surface area contributed by atoms with Gasteiger partial charge in [-0.3, -0.25) is 14.4 Å². The van der Waals surface area contributed by atoms with Crippen molar-refractivity contribution in [2.75, 3.05) is 32.1 Å². The molecular weight excluding hydrogens is 346 g/mol. The Hall–Kier alpha value is -2.12. The predicted octanol–water partition coefficient (Wildman–Crippen LogP) is 1.34. The zero-order valence-corrected chi connectivity index (χ0v) is 15.0. The van der Waals surface area contributed by atoms with E-state index in [0.717, 1.165) is 19.4 Å². The molecule has 3 N–H and O–H groups in total. The van der Waals surface area contributed by atoms with Crippen LogP contribution in [0.15, 0.2) is 24.3 Å². The Balaban J connectivity index is 0.00000312. The molecule has 1 aliphatic heterocycles. The standard InChI is InChI=1S/C17H23N3O4.ClH/c1-24-15(21)8-10-19-16(22)12-4-6-14(7-5-12)20-17(23)13-3-2-9-18-11-13;/h4-7,13,18H,2-3,8-11H2,1H3,(H,19,22)(H,20,23);1H. The van der Waals surface area contributed by atoms with Crippen LogP contribution in [0, 0.1) is 5.92 Å². The molecule has 0 saturated carbocycles. The molecule has 0 aliphatic carbocycles. The smallest absolute Gasteiger partial charge is 0.307 e. The summed E-state index contributed by atoms with van der Waals surface area (Å²) in [7, 11) is 1.31. The average Bonchev–Trinajstić information content (AvgIpc) is 2.62. The number of carbonyl (C=O) groups excluding carboxylic acids is 3. The summed E-state index contributed by atoms with van der Waals surface area (Å²) in [5.41, 5.74) is 1.13. The van der Waals surface area contributed by atoms with Crippen LogP contribution < -0.4 is 16.0 Å². The largest absolute Gasteiger partial charge is 0.469 e. The number of hydrogen-bond acceptors (Lipinski definition) is 5. The number of hydrogen-bond donors (Lipinski definition) is 3. The number of halogens is 1. The minimum atomic E-state index is -0.370. The average molecular weight is 370 g/mol. The minimum Gasteiger partial charge on any atom is -0.469 e. The van der Waals surface area contributed by atoms with Gasteiger partial charge < -0.3 is 20.7 Å². The number of nitrogens with one attached hydrogen (secondary N) is 3. The molecule has 1 unspecified atom stereocenters. The second kappa shape index (κ2) is 10.7. The molecule has 138 valence electrons. The molecule has 1 aromatic carbocycles. The Morgan fingerprint density at radius 1 is 1.24 bits per heavy atom. The summed E-state index contributed by atoms with van der Waals surface area (Å²) in [5, 5.41) is 8.72. The van der Waals surface area contributed by atoms with Gasteiger partial charge in [0.1, 0.15) is 0 Å². The van der Waals surface area contributed by atoms with Gasteiger partial charge in [0.05, 0.1) is 19.4 Å². The summed E-state index contributed by atoms with van der Waals surface area (Å²) in [6.07, 6.45) is 2.02. The molecule has 7 nitrogen and oxygen atoms in total. The highest BCUT2D eigenvalue weighted by Crippen LogP contribution is 2.15. The van der Waals surface area contributed by atoms with Crippen LogP contribution in [0.5, 0.6) is 0 Å². The zero-order valence-electron chi connectivity index (χ0n) is 14.2. The van der Waals surface area contributed by atoms with Crippen LogP contribution in [0.3, 0.4) is 0 Å². The number of methoxy groups -OCH3 is 1. The molecule has 1 atom stereocenters. The summed E-state index contributed by atoms with van der Waals surface area (Å²) < 4.78 is 4.51. The first-order valence-corrected chi connectivity index (χ1v) is 8.07. The van der Waals surface area contributed by atoms with E-state index in [9.17, 15) is 14.4 Å². The summed E-state index contributed by atoms with van der Waals surface area (Å²) >= 11 is 0. The summed E-state index contributed by atoms with van der Waals surface area (Å²) in [6, 6.07) is 6.68. The first kappa shape index (κ1) is 20.9. The minimum absolute atomic E-state index is 0. The lowest BCUT2D eigenvalue weighted by molar-refractivity contribution is -0.140. The Labute approximate surface area is 153 Å². The van der Waals surface area contributed by atoms with Crippen LogP contribution >= 0.6 is 12.4 Å². The molecule has 1 saturated heterocycles. The topological polar surface area (TPSA) is 96.5 Å². The van der Waals surface area contributed by atoms with Gasteiger partial charge in [-0.2, -0.15) is 0 Å². The molecule has 0 radical (unpaired) electrons. The van der Waals surface area contributed by atoms with E-state index in [0.29, 0.717) is 17.8 Å². The van der Waals surface area contributed by atoms with E-state index in [1.54, 1.807) is 24.3 Å². The van der Waals surface area contributed by atoms with Crippen LogP contribution in [-0.4, -0.2) is 44.5 Å². The summed E-state index contributed by atoms with van der Waals surface area (Å²) in [4.78, 5) is 35.1. The van der Waals surface area contributed by atoms with Crippen LogP contribution in [0.25, 0.3) is 0 Å². The summed E-state index contributed by atoms with van der Waals surface area (Å²) in [6.45, 7) is 1.88. The highest BCUT2D eigenvalue weighted by atomic mass is 35.5. The third-order valence-corrected chi connectivity index (χ3v) is 3.92. The van der Waals surface area contributed by atoms with Crippen LogP contribution in [-0.2, 0) is 14.3 Å². The third kappa shape index (κ3) is 6.72. The molecule has 1 aromatic rings. The van der Waals surface area contributed by atoms with Gasteiger partial charge in [-0.1, -0.05) is 0 Å². The van der Waals surface area contributed by atoms with Gasteiger partial charge in [0.2, 0.25) is 5.91 Å². The summed E-state index contributed by atoms with van der Waals surface area (Å²) in [5.74, 6) is -0.656.